The number of halogens is 2. The summed E-state index contributed by atoms with van der Waals surface area (Å²) < 4.78 is 14.1. The lowest BCUT2D eigenvalue weighted by Gasteiger charge is -2.09. The molecule has 0 unspecified atom stereocenters. The van der Waals surface area contributed by atoms with Gasteiger partial charge in [0.25, 0.3) is 5.69 Å². The van der Waals surface area contributed by atoms with E-state index in [0.29, 0.717) is 6.54 Å². The van der Waals surface area contributed by atoms with E-state index in [2.05, 4.69) is 21.2 Å². The van der Waals surface area contributed by atoms with Gasteiger partial charge in [0, 0.05) is 18.7 Å². The zero-order valence-corrected chi connectivity index (χ0v) is 12.2. The van der Waals surface area contributed by atoms with Crippen LogP contribution in [0.4, 0.5) is 15.8 Å². The first-order chi connectivity index (χ1) is 10.0. The monoisotopic (exact) mass is 349 g/mol. The molecule has 0 saturated carbocycles. The van der Waals surface area contributed by atoms with E-state index < -0.39 is 10.7 Å². The van der Waals surface area contributed by atoms with Gasteiger partial charge in [0.1, 0.15) is 6.07 Å². The molecule has 2 aromatic carbocycles. The lowest BCUT2D eigenvalue weighted by Crippen LogP contribution is -2.02. The van der Waals surface area contributed by atoms with Crippen LogP contribution in [0.15, 0.2) is 40.9 Å². The average Bonchev–Trinajstić information content (AvgIpc) is 2.49. The molecule has 0 atom stereocenters. The summed E-state index contributed by atoms with van der Waals surface area (Å²) in [6, 6.07) is 10.8. The minimum atomic E-state index is -0.545. The second-order valence-electron chi connectivity index (χ2n) is 4.18. The molecule has 0 fully saturated rings. The number of nitrogens with zero attached hydrogens (tertiary/aromatic N) is 2. The van der Waals surface area contributed by atoms with Gasteiger partial charge in [-0.3, -0.25) is 10.1 Å². The highest BCUT2D eigenvalue weighted by molar-refractivity contribution is 9.10. The number of rotatable bonds is 4. The molecule has 0 aliphatic heterocycles. The van der Waals surface area contributed by atoms with E-state index in [1.165, 1.54) is 24.3 Å². The number of nitriles is 1. The van der Waals surface area contributed by atoms with Gasteiger partial charge in [0.15, 0.2) is 5.82 Å². The van der Waals surface area contributed by atoms with Gasteiger partial charge in [0.05, 0.1) is 20.6 Å². The molecule has 0 aromatic heterocycles. The van der Waals surface area contributed by atoms with E-state index in [4.69, 9.17) is 5.26 Å². The highest BCUT2D eigenvalue weighted by Gasteiger charge is 2.11. The number of nitro benzene ring substituents is 1. The van der Waals surface area contributed by atoms with Crippen LogP contribution in [0.25, 0.3) is 0 Å². The first kappa shape index (κ1) is 14.9. The Hall–Kier alpha value is -2.46. The van der Waals surface area contributed by atoms with Gasteiger partial charge in [-0.05, 0) is 33.6 Å². The lowest BCUT2D eigenvalue weighted by atomic mass is 10.2. The van der Waals surface area contributed by atoms with Gasteiger partial charge in [-0.25, -0.2) is 4.39 Å². The molecule has 0 radical (unpaired) electrons. The fourth-order valence-corrected chi connectivity index (χ4v) is 2.14. The zero-order chi connectivity index (χ0) is 15.4. The summed E-state index contributed by atoms with van der Waals surface area (Å²) in [5.74, 6) is -0.545. The standard InChI is InChI=1S/C14H9BrFN3O2/c15-13-10(7-17)3-6-12(14(13)16)18-8-9-1-4-11(5-2-9)19(20)21/h1-6,18H,8H2. The number of anilines is 1. The molecule has 0 amide bonds. The minimum absolute atomic E-state index is 0.00560. The maximum atomic E-state index is 14.0. The third kappa shape index (κ3) is 3.35. The van der Waals surface area contributed by atoms with Crippen LogP contribution in [-0.2, 0) is 6.54 Å². The first-order valence-electron chi connectivity index (χ1n) is 5.88. The van der Waals surface area contributed by atoms with Gasteiger partial charge < -0.3 is 5.32 Å². The van der Waals surface area contributed by atoms with Crippen molar-refractivity contribution in [3.63, 3.8) is 0 Å². The Labute approximate surface area is 128 Å². The highest BCUT2D eigenvalue weighted by Crippen LogP contribution is 2.27. The van der Waals surface area contributed by atoms with Crippen LogP contribution in [0.3, 0.4) is 0 Å². The van der Waals surface area contributed by atoms with Crippen molar-refractivity contribution in [1.82, 2.24) is 0 Å². The zero-order valence-electron chi connectivity index (χ0n) is 10.6. The predicted molar refractivity (Wildman–Crippen MR) is 79.2 cm³/mol. The molecule has 21 heavy (non-hydrogen) atoms. The average molecular weight is 350 g/mol. The Morgan fingerprint density at radius 3 is 2.52 bits per heavy atom. The third-order valence-corrected chi connectivity index (χ3v) is 3.61. The SMILES string of the molecule is N#Cc1ccc(NCc2ccc([N+](=O)[O-])cc2)c(F)c1Br. The molecule has 2 rings (SSSR count). The Kier molecular flexibility index (Phi) is 4.50. The molecule has 106 valence electrons. The van der Waals surface area contributed by atoms with Gasteiger partial charge in [-0.2, -0.15) is 5.26 Å². The van der Waals surface area contributed by atoms with Crippen molar-refractivity contribution in [3.05, 3.63) is 67.9 Å². The van der Waals surface area contributed by atoms with Crippen LogP contribution in [0.1, 0.15) is 11.1 Å². The number of benzene rings is 2. The van der Waals surface area contributed by atoms with E-state index >= 15 is 0 Å². The molecular formula is C14H9BrFN3O2. The molecule has 0 bridgehead atoms. The van der Waals surface area contributed by atoms with E-state index in [9.17, 15) is 14.5 Å². The van der Waals surface area contributed by atoms with Crippen LogP contribution < -0.4 is 5.32 Å². The number of hydrogen-bond acceptors (Lipinski definition) is 4. The molecule has 0 heterocycles. The summed E-state index contributed by atoms with van der Waals surface area (Å²) in [5.41, 5.74) is 1.25. The number of nitrogens with one attached hydrogen (secondary N) is 1. The Morgan fingerprint density at radius 2 is 1.95 bits per heavy atom. The molecule has 5 nitrogen and oxygen atoms in total. The van der Waals surface area contributed by atoms with Crippen LogP contribution in [0, 0.1) is 27.3 Å². The van der Waals surface area contributed by atoms with Crippen molar-refractivity contribution < 1.29 is 9.31 Å². The minimum Gasteiger partial charge on any atom is -0.379 e. The van der Waals surface area contributed by atoms with E-state index in [-0.39, 0.29) is 21.4 Å². The van der Waals surface area contributed by atoms with E-state index in [0.717, 1.165) is 5.56 Å². The molecule has 0 aliphatic carbocycles. The molecule has 0 aliphatic rings. The van der Waals surface area contributed by atoms with Crippen LogP contribution >= 0.6 is 15.9 Å². The summed E-state index contributed by atoms with van der Waals surface area (Å²) in [5, 5.41) is 22.2. The van der Waals surface area contributed by atoms with Crippen LogP contribution in [0.2, 0.25) is 0 Å². The second-order valence-corrected chi connectivity index (χ2v) is 4.97. The van der Waals surface area contributed by atoms with Crippen molar-refractivity contribution >= 4 is 27.3 Å². The number of non-ortho nitro benzene ring substituents is 1. The largest absolute Gasteiger partial charge is 0.379 e. The molecule has 0 saturated heterocycles. The third-order valence-electron chi connectivity index (χ3n) is 2.83. The van der Waals surface area contributed by atoms with Gasteiger partial charge in [0.2, 0.25) is 0 Å². The summed E-state index contributed by atoms with van der Waals surface area (Å²) in [7, 11) is 0. The molecule has 7 heteroatoms. The van der Waals surface area contributed by atoms with E-state index in [1.54, 1.807) is 12.1 Å². The Balaban J connectivity index is 2.12. The lowest BCUT2D eigenvalue weighted by molar-refractivity contribution is -0.384. The maximum absolute atomic E-state index is 14.0. The van der Waals surface area contributed by atoms with Crippen molar-refractivity contribution in [2.45, 2.75) is 6.54 Å². The van der Waals surface area contributed by atoms with Crippen molar-refractivity contribution in [2.75, 3.05) is 5.32 Å². The van der Waals surface area contributed by atoms with E-state index in [1.807, 2.05) is 6.07 Å². The second kappa shape index (κ2) is 6.33. The summed E-state index contributed by atoms with van der Waals surface area (Å²) in [6.45, 7) is 0.313. The van der Waals surface area contributed by atoms with Gasteiger partial charge in [-0.1, -0.05) is 12.1 Å². The number of hydrogen-bond donors (Lipinski definition) is 1. The topological polar surface area (TPSA) is 79.0 Å². The smallest absolute Gasteiger partial charge is 0.269 e. The molecular weight excluding hydrogens is 341 g/mol. The Bertz CT molecular complexity index is 726. The Morgan fingerprint density at radius 1 is 1.29 bits per heavy atom. The van der Waals surface area contributed by atoms with Crippen molar-refractivity contribution in [3.8, 4) is 6.07 Å². The van der Waals surface area contributed by atoms with Crippen LogP contribution in [-0.4, -0.2) is 4.92 Å². The summed E-state index contributed by atoms with van der Waals surface area (Å²) in [6.07, 6.45) is 0. The molecule has 2 aromatic rings. The van der Waals surface area contributed by atoms with Crippen LogP contribution in [0.5, 0.6) is 0 Å². The number of nitro groups is 1. The maximum Gasteiger partial charge on any atom is 0.269 e. The fraction of sp³-hybridized carbons (Fsp3) is 0.0714. The molecule has 1 N–H and O–H groups in total. The first-order valence-corrected chi connectivity index (χ1v) is 6.67. The normalized spacial score (nSPS) is 9.95. The van der Waals surface area contributed by atoms with Gasteiger partial charge in [-0.15, -0.1) is 0 Å². The fourth-order valence-electron chi connectivity index (χ4n) is 1.71. The van der Waals surface area contributed by atoms with Gasteiger partial charge >= 0.3 is 0 Å². The summed E-state index contributed by atoms with van der Waals surface area (Å²) in [4.78, 5) is 10.1. The molecule has 0 spiro atoms. The quantitative estimate of drug-likeness (QED) is 0.668. The summed E-state index contributed by atoms with van der Waals surface area (Å²) >= 11 is 3.03. The van der Waals surface area contributed by atoms with Crippen molar-refractivity contribution in [2.24, 2.45) is 0 Å². The predicted octanol–water partition coefficient (Wildman–Crippen LogP) is 3.98. The van der Waals surface area contributed by atoms with Crippen molar-refractivity contribution in [1.29, 1.82) is 5.26 Å². The highest BCUT2D eigenvalue weighted by atomic mass is 79.9.